The Morgan fingerprint density at radius 2 is 1.92 bits per heavy atom. The van der Waals surface area contributed by atoms with Crippen molar-refractivity contribution in [2.45, 2.75) is 17.4 Å². The molecule has 26 heavy (non-hydrogen) atoms. The Bertz CT molecular complexity index is 916. The number of hydrogen-bond donors (Lipinski definition) is 1. The molecule has 1 amide bonds. The fourth-order valence-electron chi connectivity index (χ4n) is 2.19. The lowest BCUT2D eigenvalue weighted by Crippen LogP contribution is -2.22. The summed E-state index contributed by atoms with van der Waals surface area (Å²) < 4.78 is 11.0. The van der Waals surface area contributed by atoms with Crippen LogP contribution in [0.4, 0.5) is 5.69 Å². The molecule has 1 atom stereocenters. The molecule has 0 bridgehead atoms. The topological polar surface area (TPSA) is 77.2 Å². The number of thioether (sulfide) groups is 1. The number of amides is 1. The van der Waals surface area contributed by atoms with Gasteiger partial charge in [0.25, 0.3) is 11.1 Å². The van der Waals surface area contributed by atoms with Crippen LogP contribution in [0.1, 0.15) is 6.92 Å². The Morgan fingerprint density at radius 3 is 2.69 bits per heavy atom. The molecule has 1 heterocycles. The van der Waals surface area contributed by atoms with E-state index >= 15 is 0 Å². The minimum Gasteiger partial charge on any atom is -0.496 e. The van der Waals surface area contributed by atoms with Crippen LogP contribution in [-0.2, 0) is 4.79 Å². The number of nitrogens with one attached hydrogen (secondary N) is 1. The maximum Gasteiger partial charge on any atom is 0.277 e. The molecule has 0 fully saturated rings. The van der Waals surface area contributed by atoms with E-state index in [2.05, 4.69) is 15.5 Å². The second kappa shape index (κ2) is 8.25. The largest absolute Gasteiger partial charge is 0.496 e. The van der Waals surface area contributed by atoms with Gasteiger partial charge < -0.3 is 14.5 Å². The van der Waals surface area contributed by atoms with Crippen molar-refractivity contribution in [3.8, 4) is 17.2 Å². The number of hydrogen-bond acceptors (Lipinski definition) is 6. The lowest BCUT2D eigenvalue weighted by Gasteiger charge is -2.10. The highest BCUT2D eigenvalue weighted by atomic mass is 35.5. The molecule has 134 valence electrons. The average Bonchev–Trinajstić information content (AvgIpc) is 3.11. The zero-order valence-electron chi connectivity index (χ0n) is 14.1. The summed E-state index contributed by atoms with van der Waals surface area (Å²) in [4.78, 5) is 12.3. The van der Waals surface area contributed by atoms with Crippen LogP contribution in [0.3, 0.4) is 0 Å². The van der Waals surface area contributed by atoms with E-state index in [1.165, 1.54) is 11.8 Å². The molecule has 0 saturated carbocycles. The summed E-state index contributed by atoms with van der Waals surface area (Å²) in [7, 11) is 1.58. The van der Waals surface area contributed by atoms with Gasteiger partial charge in [0.2, 0.25) is 5.91 Å². The maximum atomic E-state index is 12.3. The Kier molecular flexibility index (Phi) is 5.80. The first kappa shape index (κ1) is 18.3. The summed E-state index contributed by atoms with van der Waals surface area (Å²) in [5.41, 5.74) is 1.26. The van der Waals surface area contributed by atoms with Crippen molar-refractivity contribution in [3.05, 3.63) is 53.6 Å². The molecular formula is C18H16ClN3O3S. The van der Waals surface area contributed by atoms with Gasteiger partial charge in [-0.3, -0.25) is 4.79 Å². The molecule has 8 heteroatoms. The molecule has 0 saturated heterocycles. The molecule has 2 aromatic carbocycles. The number of rotatable bonds is 6. The Morgan fingerprint density at radius 1 is 1.19 bits per heavy atom. The third-order valence-electron chi connectivity index (χ3n) is 3.52. The van der Waals surface area contributed by atoms with E-state index in [1.807, 2.05) is 24.3 Å². The molecule has 3 rings (SSSR count). The summed E-state index contributed by atoms with van der Waals surface area (Å²) in [6.07, 6.45) is 0. The summed E-state index contributed by atoms with van der Waals surface area (Å²) in [6, 6.07) is 14.4. The third kappa shape index (κ3) is 4.17. The molecule has 1 aromatic heterocycles. The van der Waals surface area contributed by atoms with Crippen LogP contribution in [0.15, 0.2) is 58.2 Å². The van der Waals surface area contributed by atoms with Gasteiger partial charge in [-0.25, -0.2) is 0 Å². The quantitative estimate of drug-likeness (QED) is 0.624. The molecule has 3 aromatic rings. The van der Waals surface area contributed by atoms with E-state index in [0.29, 0.717) is 33.1 Å². The molecule has 1 unspecified atom stereocenters. The van der Waals surface area contributed by atoms with Crippen LogP contribution in [0.5, 0.6) is 5.75 Å². The molecular weight excluding hydrogens is 374 g/mol. The molecule has 0 aliphatic heterocycles. The Hall–Kier alpha value is -2.51. The monoisotopic (exact) mass is 389 g/mol. The smallest absolute Gasteiger partial charge is 0.277 e. The van der Waals surface area contributed by atoms with E-state index in [4.69, 9.17) is 20.8 Å². The zero-order chi connectivity index (χ0) is 18.5. The van der Waals surface area contributed by atoms with Crippen LogP contribution >= 0.6 is 23.4 Å². The molecule has 0 aliphatic carbocycles. The van der Waals surface area contributed by atoms with E-state index in [9.17, 15) is 4.79 Å². The summed E-state index contributed by atoms with van der Waals surface area (Å²) in [5.74, 6) is 0.765. The Balaban J connectivity index is 1.69. The first-order valence-electron chi connectivity index (χ1n) is 7.77. The number of carbonyl (C=O) groups is 1. The van der Waals surface area contributed by atoms with Crippen LogP contribution in [-0.4, -0.2) is 28.5 Å². The van der Waals surface area contributed by atoms with E-state index in [1.54, 1.807) is 38.3 Å². The first-order valence-corrected chi connectivity index (χ1v) is 9.03. The van der Waals surface area contributed by atoms with Gasteiger partial charge in [-0.2, -0.15) is 0 Å². The summed E-state index contributed by atoms with van der Waals surface area (Å²) in [5, 5.41) is 11.2. The van der Waals surface area contributed by atoms with Crippen molar-refractivity contribution in [1.29, 1.82) is 0 Å². The van der Waals surface area contributed by atoms with Crippen molar-refractivity contribution >= 4 is 35.0 Å². The fourth-order valence-corrected chi connectivity index (χ4v) is 3.06. The Labute approximate surface area is 159 Å². The number of methoxy groups -OCH3 is 1. The van der Waals surface area contributed by atoms with Gasteiger partial charge >= 0.3 is 0 Å². The van der Waals surface area contributed by atoms with Crippen molar-refractivity contribution in [3.63, 3.8) is 0 Å². The lowest BCUT2D eigenvalue weighted by molar-refractivity contribution is -0.115. The standard InChI is InChI=1S/C18H16ClN3O3S/c1-11(16(23)20-14-9-5-4-8-13(14)19)26-18-22-21-17(25-18)12-7-3-6-10-15(12)24-2/h3-11H,1-2H3,(H,20,23). The highest BCUT2D eigenvalue weighted by Gasteiger charge is 2.20. The van der Waals surface area contributed by atoms with Gasteiger partial charge in [-0.15, -0.1) is 10.2 Å². The fraction of sp³-hybridized carbons (Fsp3) is 0.167. The van der Waals surface area contributed by atoms with Gasteiger partial charge in [-0.05, 0) is 31.2 Å². The number of halogens is 1. The first-order chi connectivity index (χ1) is 12.6. The summed E-state index contributed by atoms with van der Waals surface area (Å²) >= 11 is 7.23. The van der Waals surface area contributed by atoms with Gasteiger partial charge in [0.1, 0.15) is 5.75 Å². The zero-order valence-corrected chi connectivity index (χ0v) is 15.7. The van der Waals surface area contributed by atoms with Crippen molar-refractivity contribution in [2.24, 2.45) is 0 Å². The van der Waals surface area contributed by atoms with Crippen molar-refractivity contribution < 1.29 is 13.9 Å². The summed E-state index contributed by atoms with van der Waals surface area (Å²) in [6.45, 7) is 1.75. The highest BCUT2D eigenvalue weighted by molar-refractivity contribution is 8.00. The van der Waals surface area contributed by atoms with Crippen LogP contribution in [0.2, 0.25) is 5.02 Å². The second-order valence-electron chi connectivity index (χ2n) is 5.30. The van der Waals surface area contributed by atoms with Crippen LogP contribution in [0.25, 0.3) is 11.5 Å². The normalized spacial score (nSPS) is 11.8. The number of aromatic nitrogens is 2. The minimum atomic E-state index is -0.447. The number of anilines is 1. The predicted octanol–water partition coefficient (Wildman–Crippen LogP) is 4.52. The number of carbonyl (C=O) groups excluding carboxylic acids is 1. The maximum absolute atomic E-state index is 12.3. The van der Waals surface area contributed by atoms with E-state index in [-0.39, 0.29) is 5.91 Å². The van der Waals surface area contributed by atoms with Gasteiger partial charge in [0.05, 0.1) is 28.6 Å². The van der Waals surface area contributed by atoms with Crippen LogP contribution < -0.4 is 10.1 Å². The van der Waals surface area contributed by atoms with E-state index < -0.39 is 5.25 Å². The molecule has 6 nitrogen and oxygen atoms in total. The molecule has 0 radical (unpaired) electrons. The van der Waals surface area contributed by atoms with E-state index in [0.717, 1.165) is 0 Å². The minimum absolute atomic E-state index is 0.208. The molecule has 1 N–H and O–H groups in total. The van der Waals surface area contributed by atoms with Gasteiger partial charge in [-0.1, -0.05) is 47.6 Å². The number of para-hydroxylation sites is 2. The molecule has 0 aliphatic rings. The van der Waals surface area contributed by atoms with Crippen LogP contribution in [0, 0.1) is 0 Å². The number of ether oxygens (including phenoxy) is 1. The van der Waals surface area contributed by atoms with Crippen molar-refractivity contribution in [1.82, 2.24) is 10.2 Å². The van der Waals surface area contributed by atoms with Gasteiger partial charge in [0.15, 0.2) is 0 Å². The van der Waals surface area contributed by atoms with Crippen molar-refractivity contribution in [2.75, 3.05) is 12.4 Å². The predicted molar refractivity (Wildman–Crippen MR) is 102 cm³/mol. The second-order valence-corrected chi connectivity index (χ2v) is 7.00. The SMILES string of the molecule is COc1ccccc1-c1nnc(SC(C)C(=O)Nc2ccccc2Cl)o1. The number of nitrogens with zero attached hydrogens (tertiary/aromatic N) is 2. The number of benzene rings is 2. The third-order valence-corrected chi connectivity index (χ3v) is 4.79. The lowest BCUT2D eigenvalue weighted by atomic mass is 10.2. The van der Waals surface area contributed by atoms with Gasteiger partial charge in [0, 0.05) is 0 Å². The highest BCUT2D eigenvalue weighted by Crippen LogP contribution is 2.32. The average molecular weight is 390 g/mol. The molecule has 0 spiro atoms.